The van der Waals surface area contributed by atoms with Crippen molar-refractivity contribution in [3.8, 4) is 5.75 Å². The van der Waals surface area contributed by atoms with Gasteiger partial charge in [-0.3, -0.25) is 9.59 Å². The molecule has 0 saturated heterocycles. The average Bonchev–Trinajstić information content (AvgIpc) is 3.12. The van der Waals surface area contributed by atoms with E-state index in [1.807, 2.05) is 0 Å². The monoisotopic (exact) mass is 296 g/mol. The third-order valence-corrected chi connectivity index (χ3v) is 3.46. The number of hydrogen-bond acceptors (Lipinski definition) is 3. The van der Waals surface area contributed by atoms with E-state index in [1.54, 1.807) is 25.3 Å². The highest BCUT2D eigenvalue weighted by Crippen LogP contribution is 2.32. The highest BCUT2D eigenvalue weighted by molar-refractivity contribution is 9.10. The SMILES string of the molecule is COc1ccc(C(=O)CC(=O)C2CC2)cc1Br. The molecule has 1 fully saturated rings. The Hall–Kier alpha value is -1.16. The number of rotatable bonds is 5. The van der Waals surface area contributed by atoms with E-state index in [0.29, 0.717) is 11.3 Å². The Morgan fingerprint density at radius 1 is 1.41 bits per heavy atom. The molecule has 17 heavy (non-hydrogen) atoms. The predicted molar refractivity (Wildman–Crippen MR) is 67.4 cm³/mol. The molecule has 90 valence electrons. The Balaban J connectivity index is 2.08. The predicted octanol–water partition coefficient (Wildman–Crippen LogP) is 3.01. The second-order valence-electron chi connectivity index (χ2n) is 4.19. The smallest absolute Gasteiger partial charge is 0.170 e. The van der Waals surface area contributed by atoms with Crippen molar-refractivity contribution in [2.24, 2.45) is 5.92 Å². The fraction of sp³-hybridized carbons (Fsp3) is 0.385. The van der Waals surface area contributed by atoms with Crippen molar-refractivity contribution in [3.05, 3.63) is 28.2 Å². The van der Waals surface area contributed by atoms with Crippen molar-refractivity contribution in [3.63, 3.8) is 0 Å². The molecular weight excluding hydrogens is 284 g/mol. The lowest BCUT2D eigenvalue weighted by Crippen LogP contribution is -2.09. The van der Waals surface area contributed by atoms with Crippen molar-refractivity contribution in [2.75, 3.05) is 7.11 Å². The molecule has 2 rings (SSSR count). The minimum absolute atomic E-state index is 0.0173. The van der Waals surface area contributed by atoms with Gasteiger partial charge in [0.25, 0.3) is 0 Å². The number of Topliss-reactive ketones (excluding diaryl/α,β-unsaturated/α-hetero) is 2. The maximum Gasteiger partial charge on any atom is 0.170 e. The first-order chi connectivity index (χ1) is 8.11. The van der Waals surface area contributed by atoms with Crippen molar-refractivity contribution in [1.82, 2.24) is 0 Å². The van der Waals surface area contributed by atoms with Gasteiger partial charge in [0.15, 0.2) is 5.78 Å². The molecule has 0 spiro atoms. The molecule has 0 atom stereocenters. The second-order valence-corrected chi connectivity index (χ2v) is 5.04. The third-order valence-electron chi connectivity index (χ3n) is 2.84. The lowest BCUT2D eigenvalue weighted by molar-refractivity contribution is -0.119. The third kappa shape index (κ3) is 2.94. The van der Waals surface area contributed by atoms with Crippen molar-refractivity contribution in [2.45, 2.75) is 19.3 Å². The van der Waals surface area contributed by atoms with Crippen molar-refractivity contribution < 1.29 is 14.3 Å². The first-order valence-electron chi connectivity index (χ1n) is 5.51. The Kier molecular flexibility index (Phi) is 3.62. The first kappa shape index (κ1) is 12.3. The number of carbonyl (C=O) groups is 2. The van der Waals surface area contributed by atoms with Gasteiger partial charge in [0.1, 0.15) is 11.5 Å². The Morgan fingerprint density at radius 2 is 2.12 bits per heavy atom. The summed E-state index contributed by atoms with van der Waals surface area (Å²) in [5.74, 6) is 0.767. The van der Waals surface area contributed by atoms with Gasteiger partial charge in [0.05, 0.1) is 18.0 Å². The minimum Gasteiger partial charge on any atom is -0.496 e. The van der Waals surface area contributed by atoms with Crippen molar-refractivity contribution in [1.29, 1.82) is 0 Å². The summed E-state index contributed by atoms with van der Waals surface area (Å²) < 4.78 is 5.81. The summed E-state index contributed by atoms with van der Waals surface area (Å²) in [6.45, 7) is 0. The first-order valence-corrected chi connectivity index (χ1v) is 6.30. The van der Waals surface area contributed by atoms with Crippen LogP contribution < -0.4 is 4.74 Å². The summed E-state index contributed by atoms with van der Waals surface area (Å²) in [6.07, 6.45) is 1.90. The van der Waals surface area contributed by atoms with Crippen LogP contribution in [-0.2, 0) is 4.79 Å². The number of ketones is 2. The maximum atomic E-state index is 11.9. The molecule has 1 aromatic rings. The number of ether oxygens (including phenoxy) is 1. The van der Waals surface area contributed by atoms with Crippen LogP contribution in [0, 0.1) is 5.92 Å². The fourth-order valence-electron chi connectivity index (χ4n) is 1.65. The quantitative estimate of drug-likeness (QED) is 0.620. The van der Waals surface area contributed by atoms with Gasteiger partial charge in [0, 0.05) is 11.5 Å². The Bertz CT molecular complexity index is 464. The lowest BCUT2D eigenvalue weighted by Gasteiger charge is -2.05. The van der Waals surface area contributed by atoms with Gasteiger partial charge in [-0.25, -0.2) is 0 Å². The molecule has 0 unspecified atom stereocenters. The molecule has 0 N–H and O–H groups in total. The number of halogens is 1. The standard InChI is InChI=1S/C13H13BrO3/c1-17-13-5-4-9(6-10(13)14)12(16)7-11(15)8-2-3-8/h4-6,8H,2-3,7H2,1H3. The number of methoxy groups -OCH3 is 1. The van der Waals surface area contributed by atoms with Crippen molar-refractivity contribution >= 4 is 27.5 Å². The molecule has 0 aromatic heterocycles. The van der Waals surface area contributed by atoms with Gasteiger partial charge in [-0.2, -0.15) is 0 Å². The molecule has 4 heteroatoms. The van der Waals surface area contributed by atoms with Gasteiger partial charge in [-0.1, -0.05) is 0 Å². The van der Waals surface area contributed by atoms with E-state index >= 15 is 0 Å². The Morgan fingerprint density at radius 3 is 2.65 bits per heavy atom. The summed E-state index contributed by atoms with van der Waals surface area (Å²) >= 11 is 3.32. The second kappa shape index (κ2) is 5.00. The van der Waals surface area contributed by atoms with E-state index in [4.69, 9.17) is 4.74 Å². The number of hydrogen-bond donors (Lipinski definition) is 0. The van der Waals surface area contributed by atoms with Crippen LogP contribution in [0.3, 0.4) is 0 Å². The van der Waals surface area contributed by atoms with E-state index < -0.39 is 0 Å². The van der Waals surface area contributed by atoms with Crippen LogP contribution in [0.15, 0.2) is 22.7 Å². The van der Waals surface area contributed by atoms with Crippen LogP contribution in [0.1, 0.15) is 29.6 Å². The van der Waals surface area contributed by atoms with Gasteiger partial charge >= 0.3 is 0 Å². The lowest BCUT2D eigenvalue weighted by atomic mass is 10.0. The summed E-state index contributed by atoms with van der Waals surface area (Å²) in [6, 6.07) is 5.10. The van der Waals surface area contributed by atoms with Crippen LogP contribution in [0.2, 0.25) is 0 Å². The summed E-state index contributed by atoms with van der Waals surface area (Å²) in [5.41, 5.74) is 0.548. The van der Waals surface area contributed by atoms with Gasteiger partial charge in [-0.15, -0.1) is 0 Å². The van der Waals surface area contributed by atoms with Gasteiger partial charge < -0.3 is 4.74 Å². The van der Waals surface area contributed by atoms with E-state index in [1.165, 1.54) is 0 Å². The zero-order chi connectivity index (χ0) is 12.4. The molecule has 0 amide bonds. The molecular formula is C13H13BrO3. The molecule has 3 nitrogen and oxygen atoms in total. The molecule has 1 aliphatic carbocycles. The molecule has 0 aliphatic heterocycles. The molecule has 1 saturated carbocycles. The zero-order valence-corrected chi connectivity index (χ0v) is 11.1. The minimum atomic E-state index is -0.120. The van der Waals surface area contributed by atoms with E-state index in [2.05, 4.69) is 15.9 Å². The van der Waals surface area contributed by atoms with Crippen LogP contribution in [0.5, 0.6) is 5.75 Å². The van der Waals surface area contributed by atoms with Crippen LogP contribution in [-0.4, -0.2) is 18.7 Å². The van der Waals surface area contributed by atoms with Gasteiger partial charge in [0.2, 0.25) is 0 Å². The molecule has 0 bridgehead atoms. The molecule has 1 aliphatic rings. The highest BCUT2D eigenvalue weighted by atomic mass is 79.9. The summed E-state index contributed by atoms with van der Waals surface area (Å²) in [5, 5.41) is 0. The number of benzene rings is 1. The van der Waals surface area contributed by atoms with E-state index in [-0.39, 0.29) is 23.9 Å². The normalized spacial score (nSPS) is 14.5. The largest absolute Gasteiger partial charge is 0.496 e. The summed E-state index contributed by atoms with van der Waals surface area (Å²) in [7, 11) is 1.57. The molecule has 0 heterocycles. The molecule has 1 aromatic carbocycles. The topological polar surface area (TPSA) is 43.4 Å². The van der Waals surface area contributed by atoms with Crippen LogP contribution in [0.25, 0.3) is 0 Å². The van der Waals surface area contributed by atoms with E-state index in [9.17, 15) is 9.59 Å². The Labute approximate surface area is 108 Å². The molecule has 0 radical (unpaired) electrons. The van der Waals surface area contributed by atoms with E-state index in [0.717, 1.165) is 17.3 Å². The summed E-state index contributed by atoms with van der Waals surface area (Å²) in [4.78, 5) is 23.4. The number of carbonyl (C=O) groups excluding carboxylic acids is 2. The maximum absolute atomic E-state index is 11.9. The zero-order valence-electron chi connectivity index (χ0n) is 9.53. The van der Waals surface area contributed by atoms with Crippen LogP contribution in [0.4, 0.5) is 0 Å². The average molecular weight is 297 g/mol. The fourth-order valence-corrected chi connectivity index (χ4v) is 2.19. The van der Waals surface area contributed by atoms with Gasteiger partial charge in [-0.05, 0) is 47.0 Å². The highest BCUT2D eigenvalue weighted by Gasteiger charge is 2.30. The van der Waals surface area contributed by atoms with Crippen LogP contribution >= 0.6 is 15.9 Å².